The van der Waals surface area contributed by atoms with Gasteiger partial charge in [-0.25, -0.2) is 0 Å². The third-order valence-electron chi connectivity index (χ3n) is 1.90. The molecule has 0 spiro atoms. The Bertz CT molecular complexity index is 267. The van der Waals surface area contributed by atoms with Crippen molar-refractivity contribution in [3.63, 3.8) is 0 Å². The highest BCUT2D eigenvalue weighted by atomic mass is 16.2. The van der Waals surface area contributed by atoms with Gasteiger partial charge in [0, 0.05) is 19.4 Å². The number of carbonyl (C=O) groups excluding carboxylic acids is 1. The first-order valence-corrected chi connectivity index (χ1v) is 3.58. The van der Waals surface area contributed by atoms with Gasteiger partial charge in [-0.15, -0.1) is 0 Å². The third kappa shape index (κ3) is 1.27. The second-order valence-electron chi connectivity index (χ2n) is 2.74. The van der Waals surface area contributed by atoms with Gasteiger partial charge in [-0.3, -0.25) is 4.79 Å². The van der Waals surface area contributed by atoms with Crippen LogP contribution in [0.2, 0.25) is 0 Å². The molecule has 1 unspecified atom stereocenters. The molecule has 0 N–H and O–H groups in total. The summed E-state index contributed by atoms with van der Waals surface area (Å²) in [5.74, 6) is 0.414. The van der Waals surface area contributed by atoms with E-state index in [-0.39, 0.29) is 11.8 Å². The van der Waals surface area contributed by atoms with Crippen molar-refractivity contribution in [3.05, 3.63) is 23.7 Å². The molecule has 1 heterocycles. The summed E-state index contributed by atoms with van der Waals surface area (Å²) in [5, 5.41) is 0. The minimum atomic E-state index is 0.148. The molecule has 1 atom stereocenters. The van der Waals surface area contributed by atoms with Gasteiger partial charge in [-0.1, -0.05) is 12.7 Å². The summed E-state index contributed by atoms with van der Waals surface area (Å²) < 4.78 is 0. The second-order valence-corrected chi connectivity index (χ2v) is 2.74. The molecule has 1 saturated heterocycles. The lowest BCUT2D eigenvalue weighted by Crippen LogP contribution is -2.16. The van der Waals surface area contributed by atoms with Crippen molar-refractivity contribution in [1.82, 2.24) is 4.90 Å². The zero-order valence-electron chi connectivity index (χ0n) is 6.85. The van der Waals surface area contributed by atoms with Crippen LogP contribution in [0.15, 0.2) is 23.7 Å². The maximum absolute atomic E-state index is 11.1. The van der Waals surface area contributed by atoms with Gasteiger partial charge in [0.2, 0.25) is 5.91 Å². The molecule has 58 valence electrons. The number of rotatable bonds is 0. The highest BCUT2D eigenvalue weighted by Gasteiger charge is 2.28. The van der Waals surface area contributed by atoms with Crippen LogP contribution in [0.1, 0.15) is 13.3 Å². The van der Waals surface area contributed by atoms with Gasteiger partial charge in [0.05, 0.1) is 5.70 Å². The van der Waals surface area contributed by atoms with Gasteiger partial charge in [0.1, 0.15) is 0 Å². The van der Waals surface area contributed by atoms with Gasteiger partial charge in [-0.05, 0) is 12.3 Å². The van der Waals surface area contributed by atoms with E-state index in [4.69, 9.17) is 0 Å². The molecule has 1 aliphatic rings. The number of likely N-dealkylation sites (tertiary alicyclic amines) is 1. The Morgan fingerprint density at radius 3 is 2.73 bits per heavy atom. The summed E-state index contributed by atoms with van der Waals surface area (Å²) >= 11 is 0. The maximum atomic E-state index is 11.1. The average molecular weight is 149 g/mol. The zero-order valence-corrected chi connectivity index (χ0v) is 6.85. The SMILES string of the molecule is C=C=C=C1C(C)CC(=O)N1C. The van der Waals surface area contributed by atoms with Crippen molar-refractivity contribution in [2.45, 2.75) is 13.3 Å². The lowest BCUT2D eigenvalue weighted by Gasteiger charge is -2.08. The average Bonchev–Trinajstić information content (AvgIpc) is 2.17. The highest BCUT2D eigenvalue weighted by Crippen LogP contribution is 2.25. The van der Waals surface area contributed by atoms with Crippen LogP contribution in [0.25, 0.3) is 0 Å². The van der Waals surface area contributed by atoms with Crippen molar-refractivity contribution < 1.29 is 4.79 Å². The Balaban J connectivity index is 3.07. The molecule has 1 fully saturated rings. The molecule has 0 aromatic carbocycles. The van der Waals surface area contributed by atoms with Crippen molar-refractivity contribution >= 4 is 5.91 Å². The Morgan fingerprint density at radius 2 is 2.36 bits per heavy atom. The molecular weight excluding hydrogens is 138 g/mol. The van der Waals surface area contributed by atoms with Crippen LogP contribution in [0, 0.1) is 5.92 Å². The van der Waals surface area contributed by atoms with Crippen LogP contribution < -0.4 is 0 Å². The van der Waals surface area contributed by atoms with E-state index in [1.54, 1.807) is 11.9 Å². The van der Waals surface area contributed by atoms with Crippen molar-refractivity contribution in [1.29, 1.82) is 0 Å². The van der Waals surface area contributed by atoms with E-state index in [0.29, 0.717) is 6.42 Å². The van der Waals surface area contributed by atoms with Crippen LogP contribution >= 0.6 is 0 Å². The predicted octanol–water partition coefficient (Wildman–Crippen LogP) is 1.31. The summed E-state index contributed by atoms with van der Waals surface area (Å²) in [7, 11) is 1.76. The first-order chi connectivity index (χ1) is 5.16. The molecular formula is C9H11NO. The molecule has 11 heavy (non-hydrogen) atoms. The molecule has 1 aliphatic heterocycles. The molecule has 0 bridgehead atoms. The highest BCUT2D eigenvalue weighted by molar-refractivity contribution is 5.81. The third-order valence-corrected chi connectivity index (χ3v) is 1.90. The first-order valence-electron chi connectivity index (χ1n) is 3.58. The lowest BCUT2D eigenvalue weighted by molar-refractivity contribution is -0.125. The monoisotopic (exact) mass is 149 g/mol. The Kier molecular flexibility index (Phi) is 2.00. The number of amides is 1. The first kappa shape index (κ1) is 7.87. The molecule has 2 heteroatoms. The normalized spacial score (nSPS) is 23.5. The minimum Gasteiger partial charge on any atom is -0.311 e. The van der Waals surface area contributed by atoms with Crippen molar-refractivity contribution in [2.75, 3.05) is 7.05 Å². The second kappa shape index (κ2) is 2.79. The van der Waals surface area contributed by atoms with Gasteiger partial charge in [0.15, 0.2) is 0 Å². The standard InChI is InChI=1S/C9H11NO/c1-4-5-8-7(2)6-9(11)10(8)3/h7H,1,6H2,2-3H3. The number of hydrogen-bond donors (Lipinski definition) is 0. The fraction of sp³-hybridized carbons (Fsp3) is 0.444. The summed E-state index contributed by atoms with van der Waals surface area (Å²) in [6.45, 7) is 5.42. The van der Waals surface area contributed by atoms with E-state index in [9.17, 15) is 4.79 Å². The molecule has 0 aromatic heterocycles. The van der Waals surface area contributed by atoms with Gasteiger partial charge in [-0.2, -0.15) is 0 Å². The number of hydrogen-bond acceptors (Lipinski definition) is 1. The Hall–Kier alpha value is -1.23. The van der Waals surface area contributed by atoms with Crippen molar-refractivity contribution in [2.24, 2.45) is 5.92 Å². The number of carbonyl (C=O) groups is 1. The summed E-state index contributed by atoms with van der Waals surface area (Å²) in [6.07, 6.45) is 0.584. The summed E-state index contributed by atoms with van der Waals surface area (Å²) in [6, 6.07) is 0. The van der Waals surface area contributed by atoms with Gasteiger partial charge < -0.3 is 4.90 Å². The maximum Gasteiger partial charge on any atom is 0.227 e. The number of nitrogens with zero attached hydrogens (tertiary/aromatic N) is 1. The van der Waals surface area contributed by atoms with Crippen LogP contribution in [-0.2, 0) is 4.79 Å². The largest absolute Gasteiger partial charge is 0.311 e. The Morgan fingerprint density at radius 1 is 1.73 bits per heavy atom. The predicted molar refractivity (Wildman–Crippen MR) is 42.7 cm³/mol. The fourth-order valence-electron chi connectivity index (χ4n) is 1.26. The van der Waals surface area contributed by atoms with Crippen LogP contribution in [0.5, 0.6) is 0 Å². The number of allylic oxidation sites excluding steroid dienone is 1. The van der Waals surface area contributed by atoms with E-state index < -0.39 is 0 Å². The van der Waals surface area contributed by atoms with E-state index >= 15 is 0 Å². The molecule has 1 amide bonds. The van der Waals surface area contributed by atoms with E-state index in [1.165, 1.54) is 0 Å². The molecule has 0 aromatic rings. The Labute approximate surface area is 66.5 Å². The molecule has 0 aliphatic carbocycles. The zero-order chi connectivity index (χ0) is 8.43. The summed E-state index contributed by atoms with van der Waals surface area (Å²) in [5.41, 5.74) is 6.29. The van der Waals surface area contributed by atoms with E-state index in [2.05, 4.69) is 18.0 Å². The topological polar surface area (TPSA) is 20.3 Å². The molecule has 0 saturated carbocycles. The summed E-state index contributed by atoms with van der Waals surface area (Å²) in [4.78, 5) is 12.7. The molecule has 1 rings (SSSR count). The van der Waals surface area contributed by atoms with E-state index in [1.807, 2.05) is 6.92 Å². The van der Waals surface area contributed by atoms with Crippen LogP contribution in [-0.4, -0.2) is 17.9 Å². The lowest BCUT2D eigenvalue weighted by atomic mass is 10.1. The fourth-order valence-corrected chi connectivity index (χ4v) is 1.26. The smallest absolute Gasteiger partial charge is 0.227 e. The van der Waals surface area contributed by atoms with Crippen molar-refractivity contribution in [3.8, 4) is 0 Å². The van der Waals surface area contributed by atoms with E-state index in [0.717, 1.165) is 5.70 Å². The van der Waals surface area contributed by atoms with Crippen LogP contribution in [0.4, 0.5) is 0 Å². The molecule has 0 radical (unpaired) electrons. The van der Waals surface area contributed by atoms with Gasteiger partial charge >= 0.3 is 0 Å². The minimum absolute atomic E-state index is 0.148. The quantitative estimate of drug-likeness (QED) is 0.475. The van der Waals surface area contributed by atoms with Gasteiger partial charge in [0.25, 0.3) is 0 Å². The molecule has 2 nitrogen and oxygen atoms in total. The van der Waals surface area contributed by atoms with Crippen LogP contribution in [0.3, 0.4) is 0 Å².